The minimum atomic E-state index is -1.50. The number of fused-ring (bicyclic) bond motifs is 1. The Morgan fingerprint density at radius 2 is 2.14 bits per heavy atom. The molecule has 0 radical (unpaired) electrons. The van der Waals surface area contributed by atoms with Gasteiger partial charge in [0.05, 0.1) is 0 Å². The zero-order valence-corrected chi connectivity index (χ0v) is 12.0. The Morgan fingerprint density at radius 3 is 2.81 bits per heavy atom. The number of benzene rings is 1. The van der Waals surface area contributed by atoms with Crippen LogP contribution in [-0.4, -0.2) is 34.7 Å². The van der Waals surface area contributed by atoms with Crippen molar-refractivity contribution in [2.45, 2.75) is 19.4 Å². The van der Waals surface area contributed by atoms with E-state index in [0.717, 1.165) is 5.39 Å². The smallest absolute Gasteiger partial charge is 0.332 e. The number of aryl methyl sites for hydroxylation is 1. The summed E-state index contributed by atoms with van der Waals surface area (Å²) in [5.41, 5.74) is 1.21. The fraction of sp³-hybridized carbons (Fsp3) is 0.286. The third-order valence-corrected chi connectivity index (χ3v) is 3.33. The Labute approximate surface area is 125 Å². The number of aliphatic hydroxyl groups excluding tert-OH is 1. The Morgan fingerprint density at radius 1 is 1.43 bits per heavy atom. The van der Waals surface area contributed by atoms with Crippen LogP contribution in [0.25, 0.3) is 11.0 Å². The summed E-state index contributed by atoms with van der Waals surface area (Å²) in [5.74, 6) is -1.63. The third kappa shape index (κ3) is 3.34. The molecule has 0 aliphatic heterocycles. The molecule has 2 aromatic rings. The van der Waals surface area contributed by atoms with Crippen LogP contribution in [0.2, 0.25) is 5.02 Å². The maximum Gasteiger partial charge on any atom is 0.332 e. The molecule has 1 aromatic carbocycles. The number of hydrogen-bond acceptors (Lipinski definition) is 4. The summed E-state index contributed by atoms with van der Waals surface area (Å²) in [6.07, 6.45) is -1.58. The molecule has 0 aliphatic carbocycles. The molecular formula is C14H14ClNO5. The standard InChI is InChI=1S/C14H14ClNO5/c1-7-9-6-8(15)2-3-11(9)21-12(7)13(18)16-5-4-10(17)14(19)20/h2-3,6,10,17H,4-5H2,1H3,(H,16,18)(H,19,20)/t10-/m0/s1. The predicted molar refractivity (Wildman–Crippen MR) is 76.6 cm³/mol. The van der Waals surface area contributed by atoms with E-state index in [9.17, 15) is 9.59 Å². The second-order valence-corrected chi connectivity index (χ2v) is 5.03. The first-order chi connectivity index (χ1) is 9.90. The van der Waals surface area contributed by atoms with Crippen molar-refractivity contribution >= 4 is 34.4 Å². The van der Waals surface area contributed by atoms with Gasteiger partial charge >= 0.3 is 5.97 Å². The number of carbonyl (C=O) groups is 2. The maximum absolute atomic E-state index is 12.0. The summed E-state index contributed by atoms with van der Waals surface area (Å²) in [6, 6.07) is 5.05. The molecule has 7 heteroatoms. The molecule has 0 spiro atoms. The molecule has 112 valence electrons. The highest BCUT2D eigenvalue weighted by atomic mass is 35.5. The van der Waals surface area contributed by atoms with Crippen LogP contribution in [0.5, 0.6) is 0 Å². The van der Waals surface area contributed by atoms with Crippen molar-refractivity contribution in [1.29, 1.82) is 0 Å². The van der Waals surface area contributed by atoms with E-state index >= 15 is 0 Å². The summed E-state index contributed by atoms with van der Waals surface area (Å²) in [5, 5.41) is 21.5. The molecular weight excluding hydrogens is 298 g/mol. The van der Waals surface area contributed by atoms with Gasteiger partial charge in [-0.05, 0) is 25.1 Å². The minimum Gasteiger partial charge on any atom is -0.479 e. The lowest BCUT2D eigenvalue weighted by atomic mass is 10.1. The van der Waals surface area contributed by atoms with Crippen LogP contribution in [0.4, 0.5) is 0 Å². The van der Waals surface area contributed by atoms with Gasteiger partial charge in [0.1, 0.15) is 5.58 Å². The molecule has 1 amide bonds. The molecule has 0 aliphatic rings. The number of nitrogens with one attached hydrogen (secondary N) is 1. The van der Waals surface area contributed by atoms with Gasteiger partial charge in [-0.25, -0.2) is 4.79 Å². The molecule has 3 N–H and O–H groups in total. The van der Waals surface area contributed by atoms with Gasteiger partial charge in [0.2, 0.25) is 0 Å². The maximum atomic E-state index is 12.0. The van der Waals surface area contributed by atoms with Gasteiger partial charge in [0.15, 0.2) is 11.9 Å². The average Bonchev–Trinajstić information content (AvgIpc) is 2.75. The van der Waals surface area contributed by atoms with E-state index in [1.54, 1.807) is 25.1 Å². The second kappa shape index (κ2) is 6.15. The van der Waals surface area contributed by atoms with Crippen LogP contribution in [0, 0.1) is 6.92 Å². The second-order valence-electron chi connectivity index (χ2n) is 4.60. The van der Waals surface area contributed by atoms with E-state index in [2.05, 4.69) is 5.32 Å². The van der Waals surface area contributed by atoms with Crippen LogP contribution in [-0.2, 0) is 4.79 Å². The SMILES string of the molecule is Cc1c(C(=O)NCC[C@H](O)C(=O)O)oc2ccc(Cl)cc12. The third-order valence-electron chi connectivity index (χ3n) is 3.09. The number of furan rings is 1. The van der Waals surface area contributed by atoms with Crippen LogP contribution < -0.4 is 5.32 Å². The normalized spacial score (nSPS) is 12.3. The van der Waals surface area contributed by atoms with Crippen LogP contribution in [0.15, 0.2) is 22.6 Å². The number of carbonyl (C=O) groups excluding carboxylic acids is 1. The molecule has 21 heavy (non-hydrogen) atoms. The quantitative estimate of drug-likeness (QED) is 0.784. The first-order valence-corrected chi connectivity index (χ1v) is 6.65. The highest BCUT2D eigenvalue weighted by Gasteiger charge is 2.18. The Bertz CT molecular complexity index is 694. The van der Waals surface area contributed by atoms with Gasteiger partial charge in [-0.3, -0.25) is 4.79 Å². The number of aliphatic carboxylic acids is 1. The summed E-state index contributed by atoms with van der Waals surface area (Å²) in [7, 11) is 0. The summed E-state index contributed by atoms with van der Waals surface area (Å²) < 4.78 is 5.47. The van der Waals surface area contributed by atoms with Crippen molar-refractivity contribution in [1.82, 2.24) is 5.32 Å². The number of halogens is 1. The van der Waals surface area contributed by atoms with Crippen molar-refractivity contribution in [3.05, 3.63) is 34.5 Å². The van der Waals surface area contributed by atoms with Crippen molar-refractivity contribution in [2.75, 3.05) is 6.54 Å². The molecule has 1 heterocycles. The van der Waals surface area contributed by atoms with Crippen molar-refractivity contribution in [3.8, 4) is 0 Å². The number of carboxylic acid groups (broad SMARTS) is 1. The molecule has 0 bridgehead atoms. The summed E-state index contributed by atoms with van der Waals surface area (Å²) in [4.78, 5) is 22.5. The number of carboxylic acids is 1. The molecule has 0 unspecified atom stereocenters. The fourth-order valence-corrected chi connectivity index (χ4v) is 2.11. The largest absolute Gasteiger partial charge is 0.479 e. The average molecular weight is 312 g/mol. The van der Waals surface area contributed by atoms with Crippen LogP contribution in [0.3, 0.4) is 0 Å². The summed E-state index contributed by atoms with van der Waals surface area (Å²) in [6.45, 7) is 1.77. The molecule has 0 fully saturated rings. The van der Waals surface area contributed by atoms with Gasteiger partial charge in [0, 0.05) is 28.9 Å². The lowest BCUT2D eigenvalue weighted by Gasteiger charge is -2.06. The highest BCUT2D eigenvalue weighted by molar-refractivity contribution is 6.31. The molecule has 1 aromatic heterocycles. The van der Waals surface area contributed by atoms with E-state index in [4.69, 9.17) is 26.2 Å². The topological polar surface area (TPSA) is 99.8 Å². The zero-order valence-electron chi connectivity index (χ0n) is 11.2. The van der Waals surface area contributed by atoms with Crippen molar-refractivity contribution in [3.63, 3.8) is 0 Å². The lowest BCUT2D eigenvalue weighted by molar-refractivity contribution is -0.146. The van der Waals surface area contributed by atoms with E-state index in [1.807, 2.05) is 0 Å². The van der Waals surface area contributed by atoms with Gasteiger partial charge in [-0.2, -0.15) is 0 Å². The molecule has 6 nitrogen and oxygen atoms in total. The van der Waals surface area contributed by atoms with E-state index in [1.165, 1.54) is 0 Å². The number of hydrogen-bond donors (Lipinski definition) is 3. The van der Waals surface area contributed by atoms with E-state index < -0.39 is 18.0 Å². The number of aliphatic hydroxyl groups is 1. The lowest BCUT2D eigenvalue weighted by Crippen LogP contribution is -2.30. The summed E-state index contributed by atoms with van der Waals surface area (Å²) >= 11 is 5.90. The fourth-order valence-electron chi connectivity index (χ4n) is 1.94. The zero-order chi connectivity index (χ0) is 15.6. The Kier molecular flexibility index (Phi) is 4.50. The Balaban J connectivity index is 2.09. The number of amides is 1. The molecule has 0 saturated heterocycles. The monoisotopic (exact) mass is 311 g/mol. The first kappa shape index (κ1) is 15.3. The minimum absolute atomic E-state index is 0.0313. The Hall–Kier alpha value is -2.05. The van der Waals surface area contributed by atoms with Crippen molar-refractivity contribution in [2.24, 2.45) is 0 Å². The number of rotatable bonds is 5. The highest BCUT2D eigenvalue weighted by Crippen LogP contribution is 2.27. The molecule has 0 saturated carbocycles. The van der Waals surface area contributed by atoms with Gasteiger partial charge < -0.3 is 19.9 Å². The predicted octanol–water partition coefficient (Wildman–Crippen LogP) is 1.96. The van der Waals surface area contributed by atoms with Gasteiger partial charge in [-0.1, -0.05) is 11.6 Å². The molecule has 2 rings (SSSR count). The van der Waals surface area contributed by atoms with Gasteiger partial charge in [0.25, 0.3) is 5.91 Å². The molecule has 1 atom stereocenters. The first-order valence-electron chi connectivity index (χ1n) is 6.28. The van der Waals surface area contributed by atoms with Gasteiger partial charge in [-0.15, -0.1) is 0 Å². The van der Waals surface area contributed by atoms with Crippen LogP contribution in [0.1, 0.15) is 22.5 Å². The van der Waals surface area contributed by atoms with E-state index in [0.29, 0.717) is 16.2 Å². The van der Waals surface area contributed by atoms with E-state index in [-0.39, 0.29) is 18.7 Å². The van der Waals surface area contributed by atoms with Crippen LogP contribution >= 0.6 is 11.6 Å². The van der Waals surface area contributed by atoms with Crippen molar-refractivity contribution < 1.29 is 24.2 Å².